The average molecular weight is 1080 g/mol. The summed E-state index contributed by atoms with van der Waals surface area (Å²) >= 11 is 2.00. The van der Waals surface area contributed by atoms with Crippen LogP contribution in [-0.2, 0) is 27.1 Å². The predicted octanol–water partition coefficient (Wildman–Crippen LogP) is 20.7. The van der Waals surface area contributed by atoms with Crippen LogP contribution in [0.15, 0.2) is 170 Å². The first-order valence-corrected chi connectivity index (χ1v) is 31.0. The van der Waals surface area contributed by atoms with E-state index >= 15 is 0 Å². The Labute approximate surface area is 490 Å². The molecule has 3 heterocycles. The molecular formula is C76H84BN3S. The molecule has 5 heteroatoms. The zero-order valence-electron chi connectivity index (χ0n) is 51.1. The number of benzene rings is 8. The molecule has 1 saturated carbocycles. The highest BCUT2D eigenvalue weighted by molar-refractivity contribution is 7.33. The number of hydrogen-bond donors (Lipinski definition) is 0. The second-order valence-electron chi connectivity index (χ2n) is 29.0. The van der Waals surface area contributed by atoms with Crippen LogP contribution in [0.2, 0.25) is 0 Å². The van der Waals surface area contributed by atoms with E-state index in [0.717, 1.165) is 17.1 Å². The normalized spacial score (nSPS) is 15.0. The van der Waals surface area contributed by atoms with Crippen LogP contribution in [-0.4, -0.2) is 6.71 Å². The lowest BCUT2D eigenvalue weighted by Gasteiger charge is -2.45. The monoisotopic (exact) mass is 1080 g/mol. The summed E-state index contributed by atoms with van der Waals surface area (Å²) in [5.74, 6) is 0.464. The number of fused-ring (bicyclic) bond motifs is 6. The lowest BCUT2D eigenvalue weighted by atomic mass is 9.36. The highest BCUT2D eigenvalue weighted by atomic mass is 32.1. The third-order valence-electron chi connectivity index (χ3n) is 18.0. The summed E-state index contributed by atoms with van der Waals surface area (Å²) in [4.78, 5) is 7.92. The van der Waals surface area contributed by atoms with Crippen LogP contribution < -0.4 is 30.4 Å². The van der Waals surface area contributed by atoms with Crippen LogP contribution in [0, 0.1) is 0 Å². The van der Waals surface area contributed by atoms with Gasteiger partial charge in [0.25, 0.3) is 6.71 Å². The van der Waals surface area contributed by atoms with Crippen molar-refractivity contribution in [3.8, 4) is 11.1 Å². The van der Waals surface area contributed by atoms with Gasteiger partial charge in [-0.25, -0.2) is 0 Å². The molecule has 9 aromatic rings. The van der Waals surface area contributed by atoms with Gasteiger partial charge in [0.1, 0.15) is 0 Å². The Morgan fingerprint density at radius 2 is 0.926 bits per heavy atom. The summed E-state index contributed by atoms with van der Waals surface area (Å²) in [6, 6.07) is 67.0. The van der Waals surface area contributed by atoms with Crippen molar-refractivity contribution < 1.29 is 0 Å². The molecule has 1 fully saturated rings. The Morgan fingerprint density at radius 3 is 1.48 bits per heavy atom. The second-order valence-corrected chi connectivity index (χ2v) is 30.1. The summed E-state index contributed by atoms with van der Waals surface area (Å²) in [5, 5.41) is 1.34. The van der Waals surface area contributed by atoms with E-state index < -0.39 is 0 Å². The van der Waals surface area contributed by atoms with E-state index in [9.17, 15) is 0 Å². The third-order valence-corrected chi connectivity index (χ3v) is 19.3. The lowest BCUT2D eigenvalue weighted by molar-refractivity contribution is 0.444. The van der Waals surface area contributed by atoms with Gasteiger partial charge in [0.05, 0.1) is 11.4 Å². The van der Waals surface area contributed by atoms with Gasteiger partial charge < -0.3 is 14.7 Å². The molecular weight excluding hydrogens is 998 g/mol. The van der Waals surface area contributed by atoms with Crippen molar-refractivity contribution in [3.05, 3.63) is 203 Å². The maximum Gasteiger partial charge on any atom is 0.264 e. The number of nitrogens with zero attached hydrogens (tertiary/aromatic N) is 3. The van der Waals surface area contributed by atoms with Crippen LogP contribution in [0.25, 0.3) is 21.2 Å². The minimum Gasteiger partial charge on any atom is -0.311 e. The number of thiophene rings is 1. The molecule has 0 radical (unpaired) electrons. The molecule has 81 heavy (non-hydrogen) atoms. The van der Waals surface area contributed by atoms with E-state index in [-0.39, 0.29) is 33.8 Å². The standard InChI is InChI=1S/C76H84BN3S/c1-72(2,3)52-26-34-57(35-27-52)78(58-36-28-53(29-37-58)73(4,5)6)60-40-41-63-65(48-60)80(64-42-32-55(75(10,11)12)46-61(64)50-24-20-17-21-25-50)67-45-51(49-22-18-16-19-23-49)44-66-69(67)77(63)71-70(62-47-56(76(13,14)15)33-43-68(62)81-71)79(66)59-38-30-54(31-39-59)74(7,8)9/h17,20-21,24-49H,16,18-19,22-23H2,1-15H3. The highest BCUT2D eigenvalue weighted by Gasteiger charge is 2.47. The molecule has 12 rings (SSSR count). The molecule has 0 unspecified atom stereocenters. The number of anilines is 9. The minimum absolute atomic E-state index is 0.0184. The average Bonchev–Trinajstić information content (AvgIpc) is 4.09. The van der Waals surface area contributed by atoms with Crippen molar-refractivity contribution in [1.82, 2.24) is 0 Å². The minimum atomic E-state index is -0.0563. The summed E-state index contributed by atoms with van der Waals surface area (Å²) in [6.45, 7) is 34.9. The molecule has 0 bridgehead atoms. The fourth-order valence-corrected chi connectivity index (χ4v) is 14.4. The Kier molecular flexibility index (Phi) is 13.5. The van der Waals surface area contributed by atoms with Gasteiger partial charge >= 0.3 is 0 Å². The topological polar surface area (TPSA) is 9.72 Å². The first-order valence-electron chi connectivity index (χ1n) is 30.1. The first-order chi connectivity index (χ1) is 38.3. The van der Waals surface area contributed by atoms with Gasteiger partial charge in [-0.2, -0.15) is 0 Å². The zero-order valence-corrected chi connectivity index (χ0v) is 51.9. The van der Waals surface area contributed by atoms with E-state index in [1.165, 1.54) is 137 Å². The van der Waals surface area contributed by atoms with Gasteiger partial charge in [-0.15, -0.1) is 11.3 Å². The first kappa shape index (κ1) is 54.8. The molecule has 3 aliphatic rings. The maximum absolute atomic E-state index is 2.72. The summed E-state index contributed by atoms with van der Waals surface area (Å²) in [7, 11) is 0. The summed E-state index contributed by atoms with van der Waals surface area (Å²) < 4.78 is 2.74. The molecule has 412 valence electrons. The smallest absolute Gasteiger partial charge is 0.264 e. The van der Waals surface area contributed by atoms with Crippen molar-refractivity contribution in [2.75, 3.05) is 14.7 Å². The molecule has 1 aromatic heterocycles. The number of rotatable bonds is 7. The van der Waals surface area contributed by atoms with Gasteiger partial charge in [-0.3, -0.25) is 0 Å². The summed E-state index contributed by atoms with van der Waals surface area (Å²) in [5.41, 5.74) is 24.3. The van der Waals surface area contributed by atoms with E-state index in [1.807, 2.05) is 11.3 Å². The van der Waals surface area contributed by atoms with Crippen molar-refractivity contribution in [3.63, 3.8) is 0 Å². The van der Waals surface area contributed by atoms with E-state index in [4.69, 9.17) is 0 Å². The molecule has 0 saturated heterocycles. The fourth-order valence-electron chi connectivity index (χ4n) is 13.1. The van der Waals surface area contributed by atoms with Crippen LogP contribution in [0.1, 0.15) is 175 Å². The summed E-state index contributed by atoms with van der Waals surface area (Å²) in [6.07, 6.45) is 6.24. The van der Waals surface area contributed by atoms with Gasteiger partial charge in [-0.1, -0.05) is 208 Å². The van der Waals surface area contributed by atoms with E-state index in [1.54, 1.807) is 0 Å². The quantitative estimate of drug-likeness (QED) is 0.147. The predicted molar refractivity (Wildman–Crippen MR) is 355 cm³/mol. The number of hydrogen-bond acceptors (Lipinski definition) is 4. The Morgan fingerprint density at radius 1 is 0.432 bits per heavy atom. The van der Waals surface area contributed by atoms with Crippen LogP contribution in [0.5, 0.6) is 0 Å². The van der Waals surface area contributed by atoms with Gasteiger partial charge in [0.2, 0.25) is 0 Å². The van der Waals surface area contributed by atoms with Crippen molar-refractivity contribution in [2.45, 2.75) is 169 Å². The molecule has 3 nitrogen and oxygen atoms in total. The Balaban J connectivity index is 1.20. The molecule has 0 N–H and O–H groups in total. The third kappa shape index (κ3) is 10.0. The lowest BCUT2D eigenvalue weighted by Crippen LogP contribution is -2.60. The van der Waals surface area contributed by atoms with Crippen molar-refractivity contribution >= 4 is 95.0 Å². The van der Waals surface area contributed by atoms with Gasteiger partial charge in [0.15, 0.2) is 0 Å². The molecule has 8 aromatic carbocycles. The Hall–Kier alpha value is -6.82. The van der Waals surface area contributed by atoms with Crippen molar-refractivity contribution in [1.29, 1.82) is 0 Å². The van der Waals surface area contributed by atoms with Crippen molar-refractivity contribution in [2.24, 2.45) is 0 Å². The van der Waals surface area contributed by atoms with Crippen LogP contribution in [0.4, 0.5) is 51.2 Å². The van der Waals surface area contributed by atoms with Gasteiger partial charge in [-0.05, 0) is 181 Å². The molecule has 1 aliphatic carbocycles. The molecule has 0 spiro atoms. The van der Waals surface area contributed by atoms with E-state index in [0.29, 0.717) is 5.92 Å². The largest absolute Gasteiger partial charge is 0.311 e. The highest BCUT2D eigenvalue weighted by Crippen LogP contribution is 2.53. The molecule has 0 amide bonds. The molecule has 0 atom stereocenters. The molecule has 2 aliphatic heterocycles. The Bertz CT molecular complexity index is 3750. The van der Waals surface area contributed by atoms with Crippen LogP contribution in [0.3, 0.4) is 0 Å². The fraction of sp³-hybridized carbons (Fsp3) is 0.342. The maximum atomic E-state index is 2.72. The SMILES string of the molecule is CC(C)(C)c1ccc(N(c2ccc(C(C)(C)C)cc2)c2ccc3c(c2)N(c2ccc(C(C)(C)C)cc2-c2ccccc2)c2cc(C4CCCCC4)cc4c2B3c2sc3ccc(C(C)(C)C)cc3c2N4c2ccc(C(C)(C)C)cc2)cc1. The van der Waals surface area contributed by atoms with Gasteiger partial charge in [0, 0.05) is 60.2 Å². The van der Waals surface area contributed by atoms with E-state index in [2.05, 4.69) is 288 Å². The second kappa shape index (κ2) is 20.0. The van der Waals surface area contributed by atoms with Crippen LogP contribution >= 0.6 is 11.3 Å². The zero-order chi connectivity index (χ0) is 57.1.